The van der Waals surface area contributed by atoms with Gasteiger partial charge in [0.25, 0.3) is 0 Å². The number of tetrazole rings is 1. The van der Waals surface area contributed by atoms with Crippen LogP contribution in [-0.2, 0) is 5.75 Å². The molecule has 0 fully saturated rings. The first-order valence-corrected chi connectivity index (χ1v) is 9.63. The summed E-state index contributed by atoms with van der Waals surface area (Å²) in [7, 11) is 1.57. The molecule has 0 saturated heterocycles. The van der Waals surface area contributed by atoms with Crippen LogP contribution in [0.15, 0.2) is 56.8 Å². The number of nitrogens with zero attached hydrogens (tertiary/aromatic N) is 4. The number of fused-ring (bicyclic) bond motifs is 1. The molecule has 0 amide bonds. The minimum absolute atomic E-state index is 0.398. The lowest BCUT2D eigenvalue weighted by Crippen LogP contribution is -2.02. The molecule has 0 aliphatic rings. The van der Waals surface area contributed by atoms with Gasteiger partial charge in [-0.25, -0.2) is 4.79 Å². The Morgan fingerprint density at radius 2 is 1.96 bits per heavy atom. The van der Waals surface area contributed by atoms with Crippen LogP contribution in [0.4, 0.5) is 0 Å². The van der Waals surface area contributed by atoms with Crippen LogP contribution in [0, 0.1) is 13.8 Å². The van der Waals surface area contributed by atoms with Gasteiger partial charge < -0.3 is 9.15 Å². The minimum Gasteiger partial charge on any atom is -0.497 e. The molecule has 28 heavy (non-hydrogen) atoms. The van der Waals surface area contributed by atoms with Crippen LogP contribution >= 0.6 is 11.8 Å². The number of ether oxygens (including phenoxy) is 1. The lowest BCUT2D eigenvalue weighted by atomic mass is 10.1. The zero-order chi connectivity index (χ0) is 19.7. The summed E-state index contributed by atoms with van der Waals surface area (Å²) in [5.74, 6) is 1.17. The molecule has 0 spiro atoms. The number of thioether (sulfide) groups is 1. The zero-order valence-electron chi connectivity index (χ0n) is 15.7. The Morgan fingerprint density at radius 3 is 2.75 bits per heavy atom. The van der Waals surface area contributed by atoms with Crippen molar-refractivity contribution < 1.29 is 9.15 Å². The van der Waals surface area contributed by atoms with Gasteiger partial charge in [-0.05, 0) is 65.2 Å². The van der Waals surface area contributed by atoms with Crippen molar-refractivity contribution in [2.45, 2.75) is 24.8 Å². The Hall–Kier alpha value is -3.13. The van der Waals surface area contributed by atoms with Gasteiger partial charge in [-0.15, -0.1) is 5.10 Å². The second-order valence-electron chi connectivity index (χ2n) is 6.38. The molecular formula is C20H18N4O3S. The third-order valence-corrected chi connectivity index (χ3v) is 5.54. The summed E-state index contributed by atoms with van der Waals surface area (Å²) in [6, 6.07) is 13.0. The molecule has 142 valence electrons. The summed E-state index contributed by atoms with van der Waals surface area (Å²) in [4.78, 5) is 12.0. The van der Waals surface area contributed by atoms with Gasteiger partial charge in [0.15, 0.2) is 0 Å². The molecule has 4 aromatic rings. The molecule has 0 saturated carbocycles. The van der Waals surface area contributed by atoms with Crippen LogP contribution in [0.2, 0.25) is 0 Å². The zero-order valence-corrected chi connectivity index (χ0v) is 16.5. The Balaban J connectivity index is 1.65. The monoisotopic (exact) mass is 394 g/mol. The van der Waals surface area contributed by atoms with E-state index in [0.29, 0.717) is 22.2 Å². The molecule has 0 unspecified atom stereocenters. The van der Waals surface area contributed by atoms with Gasteiger partial charge in [0.2, 0.25) is 5.16 Å². The van der Waals surface area contributed by atoms with E-state index in [1.165, 1.54) is 29.0 Å². The van der Waals surface area contributed by atoms with E-state index in [9.17, 15) is 4.79 Å². The molecule has 4 rings (SSSR count). The van der Waals surface area contributed by atoms with Crippen molar-refractivity contribution in [2.75, 3.05) is 7.11 Å². The second-order valence-corrected chi connectivity index (χ2v) is 7.33. The van der Waals surface area contributed by atoms with E-state index in [1.54, 1.807) is 17.9 Å². The van der Waals surface area contributed by atoms with Crippen LogP contribution in [-0.4, -0.2) is 27.3 Å². The van der Waals surface area contributed by atoms with Crippen LogP contribution in [0.25, 0.3) is 16.7 Å². The van der Waals surface area contributed by atoms with E-state index in [4.69, 9.17) is 9.15 Å². The van der Waals surface area contributed by atoms with Crippen molar-refractivity contribution in [3.8, 4) is 11.4 Å². The van der Waals surface area contributed by atoms with Gasteiger partial charge in [-0.1, -0.05) is 17.8 Å². The van der Waals surface area contributed by atoms with Gasteiger partial charge in [-0.2, -0.15) is 4.68 Å². The van der Waals surface area contributed by atoms with E-state index < -0.39 is 5.63 Å². The van der Waals surface area contributed by atoms with Crippen molar-refractivity contribution in [2.24, 2.45) is 0 Å². The molecule has 2 heterocycles. The van der Waals surface area contributed by atoms with Gasteiger partial charge >= 0.3 is 5.63 Å². The highest BCUT2D eigenvalue weighted by Crippen LogP contribution is 2.28. The summed E-state index contributed by atoms with van der Waals surface area (Å²) in [6.07, 6.45) is 0. The highest BCUT2D eigenvalue weighted by Gasteiger charge is 2.13. The minimum atomic E-state index is -0.398. The molecule has 0 N–H and O–H groups in total. The molecule has 2 aromatic heterocycles. The average molecular weight is 394 g/mol. The van der Waals surface area contributed by atoms with E-state index >= 15 is 0 Å². The molecule has 0 aliphatic carbocycles. The summed E-state index contributed by atoms with van der Waals surface area (Å²) in [6.45, 7) is 4.12. The highest BCUT2D eigenvalue weighted by atomic mass is 32.2. The number of hydrogen-bond donors (Lipinski definition) is 0. The number of aromatic nitrogens is 4. The fraction of sp³-hybridized carbons (Fsp3) is 0.200. The van der Waals surface area contributed by atoms with E-state index in [1.807, 2.05) is 24.3 Å². The second kappa shape index (κ2) is 7.47. The summed E-state index contributed by atoms with van der Waals surface area (Å²) in [5, 5.41) is 13.6. The maximum absolute atomic E-state index is 12.0. The molecule has 8 heteroatoms. The Morgan fingerprint density at radius 1 is 1.11 bits per heavy atom. The summed E-state index contributed by atoms with van der Waals surface area (Å²) >= 11 is 1.46. The lowest BCUT2D eigenvalue weighted by Gasteiger charge is -2.08. The first-order valence-electron chi connectivity index (χ1n) is 8.65. The lowest BCUT2D eigenvalue weighted by molar-refractivity contribution is 0.414. The summed E-state index contributed by atoms with van der Waals surface area (Å²) in [5.41, 5.74) is 4.24. The first-order chi connectivity index (χ1) is 13.5. The van der Waals surface area contributed by atoms with Crippen LogP contribution in [0.1, 0.15) is 16.7 Å². The molecular weight excluding hydrogens is 376 g/mol. The van der Waals surface area contributed by atoms with Crippen LogP contribution in [0.3, 0.4) is 0 Å². The number of benzene rings is 2. The van der Waals surface area contributed by atoms with Gasteiger partial charge in [0, 0.05) is 23.3 Å². The van der Waals surface area contributed by atoms with Gasteiger partial charge in [-0.3, -0.25) is 0 Å². The van der Waals surface area contributed by atoms with Crippen molar-refractivity contribution >= 4 is 22.7 Å². The van der Waals surface area contributed by atoms with Crippen LogP contribution < -0.4 is 10.4 Å². The SMILES string of the molecule is COc1ccc2c(CSc3nnnn3-c3ccc(C)c(C)c3)cc(=O)oc2c1. The molecule has 2 aromatic carbocycles. The Labute approximate surface area is 165 Å². The third-order valence-electron chi connectivity index (χ3n) is 4.57. The largest absolute Gasteiger partial charge is 0.497 e. The van der Waals surface area contributed by atoms with Crippen LogP contribution in [0.5, 0.6) is 5.75 Å². The first kappa shape index (κ1) is 18.2. The number of hydrogen-bond acceptors (Lipinski definition) is 7. The predicted octanol–water partition coefficient (Wildman–Crippen LogP) is 3.69. The topological polar surface area (TPSA) is 83.0 Å². The molecule has 0 atom stereocenters. The third kappa shape index (κ3) is 3.50. The van der Waals surface area contributed by atoms with Crippen molar-refractivity contribution in [3.63, 3.8) is 0 Å². The number of aryl methyl sites for hydroxylation is 2. The quantitative estimate of drug-likeness (QED) is 0.377. The molecule has 0 radical (unpaired) electrons. The normalized spacial score (nSPS) is 11.1. The van der Waals surface area contributed by atoms with Gasteiger partial charge in [0.1, 0.15) is 11.3 Å². The predicted molar refractivity (Wildman–Crippen MR) is 107 cm³/mol. The highest BCUT2D eigenvalue weighted by molar-refractivity contribution is 7.98. The number of methoxy groups -OCH3 is 1. The van der Waals surface area contributed by atoms with E-state index in [-0.39, 0.29) is 0 Å². The molecule has 0 aliphatic heterocycles. The smallest absolute Gasteiger partial charge is 0.336 e. The molecule has 0 bridgehead atoms. The van der Waals surface area contributed by atoms with Crippen molar-refractivity contribution in [3.05, 3.63) is 69.6 Å². The molecule has 7 nitrogen and oxygen atoms in total. The van der Waals surface area contributed by atoms with Crippen molar-refractivity contribution in [1.82, 2.24) is 20.2 Å². The van der Waals surface area contributed by atoms with Crippen molar-refractivity contribution in [1.29, 1.82) is 0 Å². The maximum Gasteiger partial charge on any atom is 0.336 e. The van der Waals surface area contributed by atoms with E-state index in [0.717, 1.165) is 16.6 Å². The fourth-order valence-corrected chi connectivity index (χ4v) is 3.77. The van der Waals surface area contributed by atoms with E-state index in [2.05, 4.69) is 35.4 Å². The fourth-order valence-electron chi connectivity index (χ4n) is 2.89. The standard InChI is InChI=1S/C20H18N4O3S/c1-12-4-5-15(8-13(12)2)24-20(21-22-23-24)28-11-14-9-19(25)27-18-10-16(26-3)6-7-17(14)18/h4-10H,11H2,1-3H3. The Kier molecular flexibility index (Phi) is 4.87. The maximum atomic E-state index is 12.0. The Bertz CT molecular complexity index is 1220. The van der Waals surface area contributed by atoms with Gasteiger partial charge in [0.05, 0.1) is 12.8 Å². The summed E-state index contributed by atoms with van der Waals surface area (Å²) < 4.78 is 12.2. The number of rotatable bonds is 5. The average Bonchev–Trinajstić information content (AvgIpc) is 3.16.